The normalized spacial score (nSPS) is 41.2. The van der Waals surface area contributed by atoms with E-state index in [1.165, 1.54) is 0 Å². The Bertz CT molecular complexity index is 124. The molecule has 0 spiro atoms. The SMILES string of the molecule is CC1CC(N)CCC1N=N. The zero-order valence-corrected chi connectivity index (χ0v) is 6.38. The summed E-state index contributed by atoms with van der Waals surface area (Å²) >= 11 is 0. The summed E-state index contributed by atoms with van der Waals surface area (Å²) in [6.07, 6.45) is 3.08. The molecule has 0 aliphatic heterocycles. The van der Waals surface area contributed by atoms with Gasteiger partial charge in [0.15, 0.2) is 0 Å². The van der Waals surface area contributed by atoms with Crippen molar-refractivity contribution in [2.75, 3.05) is 0 Å². The van der Waals surface area contributed by atoms with Crippen LogP contribution in [0.5, 0.6) is 0 Å². The average molecular weight is 141 g/mol. The lowest BCUT2D eigenvalue weighted by molar-refractivity contribution is 0.290. The van der Waals surface area contributed by atoms with Gasteiger partial charge in [-0.2, -0.15) is 5.11 Å². The summed E-state index contributed by atoms with van der Waals surface area (Å²) in [6, 6.07) is 0.604. The van der Waals surface area contributed by atoms with Crippen molar-refractivity contribution in [1.82, 2.24) is 0 Å². The molecule has 10 heavy (non-hydrogen) atoms. The van der Waals surface area contributed by atoms with Crippen LogP contribution in [0.4, 0.5) is 0 Å². The Labute approximate surface area is 61.5 Å². The minimum Gasteiger partial charge on any atom is -0.328 e. The van der Waals surface area contributed by atoms with Gasteiger partial charge in [0, 0.05) is 6.04 Å². The fraction of sp³-hybridized carbons (Fsp3) is 1.00. The van der Waals surface area contributed by atoms with Crippen molar-refractivity contribution in [3.05, 3.63) is 0 Å². The van der Waals surface area contributed by atoms with E-state index in [-0.39, 0.29) is 6.04 Å². The summed E-state index contributed by atoms with van der Waals surface area (Å²) in [5.41, 5.74) is 12.6. The standard InChI is InChI=1S/C7H15N3/c1-5-4-6(8)2-3-7(5)10-9/h5-7,9H,2-4,8H2,1H3. The third kappa shape index (κ3) is 1.53. The third-order valence-electron chi connectivity index (χ3n) is 2.33. The van der Waals surface area contributed by atoms with Crippen LogP contribution < -0.4 is 5.73 Å². The number of hydrogen-bond acceptors (Lipinski definition) is 3. The van der Waals surface area contributed by atoms with Crippen LogP contribution in [0.15, 0.2) is 5.11 Å². The molecule has 58 valence electrons. The van der Waals surface area contributed by atoms with Crippen LogP contribution in [0, 0.1) is 11.4 Å². The highest BCUT2D eigenvalue weighted by atomic mass is 15.0. The van der Waals surface area contributed by atoms with Crippen LogP contribution in [-0.4, -0.2) is 12.1 Å². The lowest BCUT2D eigenvalue weighted by atomic mass is 9.84. The van der Waals surface area contributed by atoms with E-state index >= 15 is 0 Å². The van der Waals surface area contributed by atoms with Gasteiger partial charge in [-0.05, 0) is 25.2 Å². The highest BCUT2D eigenvalue weighted by molar-refractivity contribution is 4.82. The molecule has 0 bridgehead atoms. The second kappa shape index (κ2) is 3.10. The first-order valence-electron chi connectivity index (χ1n) is 3.86. The fourth-order valence-corrected chi connectivity index (χ4v) is 1.61. The summed E-state index contributed by atoms with van der Waals surface area (Å²) in [5, 5.41) is 3.56. The highest BCUT2D eigenvalue weighted by Crippen LogP contribution is 2.25. The molecule has 0 aromatic carbocycles. The van der Waals surface area contributed by atoms with Crippen molar-refractivity contribution in [2.45, 2.75) is 38.3 Å². The van der Waals surface area contributed by atoms with Crippen LogP contribution in [0.1, 0.15) is 26.2 Å². The van der Waals surface area contributed by atoms with Crippen LogP contribution in [0.2, 0.25) is 0 Å². The average Bonchev–Trinajstić information content (AvgIpc) is 1.88. The molecule has 3 heteroatoms. The Morgan fingerprint density at radius 2 is 2.20 bits per heavy atom. The quantitative estimate of drug-likeness (QED) is 0.534. The molecule has 3 N–H and O–H groups in total. The summed E-state index contributed by atoms with van der Waals surface area (Å²) < 4.78 is 0. The molecule has 0 saturated heterocycles. The molecule has 1 saturated carbocycles. The van der Waals surface area contributed by atoms with E-state index in [9.17, 15) is 0 Å². The molecule has 3 atom stereocenters. The number of nitrogens with one attached hydrogen (secondary N) is 1. The smallest absolute Gasteiger partial charge is 0.0732 e. The molecule has 1 fully saturated rings. The molecule has 0 heterocycles. The zero-order valence-electron chi connectivity index (χ0n) is 6.38. The Hall–Kier alpha value is -0.440. The van der Waals surface area contributed by atoms with Crippen LogP contribution >= 0.6 is 0 Å². The van der Waals surface area contributed by atoms with E-state index in [0.717, 1.165) is 19.3 Å². The monoisotopic (exact) mass is 141 g/mol. The maximum absolute atomic E-state index is 6.88. The maximum Gasteiger partial charge on any atom is 0.0732 e. The first-order valence-corrected chi connectivity index (χ1v) is 3.86. The van der Waals surface area contributed by atoms with Crippen molar-refractivity contribution in [1.29, 1.82) is 5.53 Å². The molecule has 1 aliphatic rings. The number of rotatable bonds is 1. The Morgan fingerprint density at radius 1 is 1.50 bits per heavy atom. The predicted molar refractivity (Wildman–Crippen MR) is 39.9 cm³/mol. The van der Waals surface area contributed by atoms with E-state index < -0.39 is 0 Å². The Kier molecular flexibility index (Phi) is 2.38. The first kappa shape index (κ1) is 7.66. The van der Waals surface area contributed by atoms with Gasteiger partial charge < -0.3 is 5.73 Å². The molecular weight excluding hydrogens is 126 g/mol. The molecule has 0 aromatic rings. The maximum atomic E-state index is 6.88. The molecule has 0 amide bonds. The highest BCUT2D eigenvalue weighted by Gasteiger charge is 2.24. The molecule has 1 aliphatic carbocycles. The first-order chi connectivity index (χ1) is 4.74. The minimum absolute atomic E-state index is 0.250. The molecule has 0 aromatic heterocycles. The van der Waals surface area contributed by atoms with Gasteiger partial charge in [-0.15, -0.1) is 0 Å². The van der Waals surface area contributed by atoms with Crippen LogP contribution in [0.25, 0.3) is 0 Å². The van der Waals surface area contributed by atoms with Crippen molar-refractivity contribution < 1.29 is 0 Å². The van der Waals surface area contributed by atoms with Gasteiger partial charge in [-0.1, -0.05) is 6.92 Å². The van der Waals surface area contributed by atoms with Gasteiger partial charge in [0.25, 0.3) is 0 Å². The van der Waals surface area contributed by atoms with E-state index in [0.29, 0.717) is 12.0 Å². The van der Waals surface area contributed by atoms with Crippen LogP contribution in [-0.2, 0) is 0 Å². The fourth-order valence-electron chi connectivity index (χ4n) is 1.61. The number of nitrogens with two attached hydrogens (primary N) is 1. The summed E-state index contributed by atoms with van der Waals surface area (Å²) in [4.78, 5) is 0. The number of hydrogen-bond donors (Lipinski definition) is 2. The Morgan fingerprint density at radius 3 is 2.70 bits per heavy atom. The lowest BCUT2D eigenvalue weighted by Crippen LogP contribution is -2.33. The van der Waals surface area contributed by atoms with E-state index in [1.807, 2.05) is 0 Å². The largest absolute Gasteiger partial charge is 0.328 e. The van der Waals surface area contributed by atoms with E-state index in [2.05, 4.69) is 12.0 Å². The minimum atomic E-state index is 0.250. The lowest BCUT2D eigenvalue weighted by Gasteiger charge is -2.28. The van der Waals surface area contributed by atoms with Gasteiger partial charge in [0.05, 0.1) is 6.04 Å². The predicted octanol–water partition coefficient (Wildman–Crippen LogP) is 1.53. The number of nitrogens with zero attached hydrogens (tertiary/aromatic N) is 1. The third-order valence-corrected chi connectivity index (χ3v) is 2.33. The van der Waals surface area contributed by atoms with E-state index in [4.69, 9.17) is 11.3 Å². The van der Waals surface area contributed by atoms with Gasteiger partial charge in [-0.25, -0.2) is 5.53 Å². The van der Waals surface area contributed by atoms with Crippen molar-refractivity contribution >= 4 is 0 Å². The van der Waals surface area contributed by atoms with Crippen molar-refractivity contribution in [2.24, 2.45) is 16.8 Å². The van der Waals surface area contributed by atoms with Gasteiger partial charge >= 0.3 is 0 Å². The van der Waals surface area contributed by atoms with Gasteiger partial charge in [0.2, 0.25) is 0 Å². The van der Waals surface area contributed by atoms with E-state index in [1.54, 1.807) is 0 Å². The summed E-state index contributed by atoms with van der Waals surface area (Å²) in [6.45, 7) is 2.13. The van der Waals surface area contributed by atoms with Crippen LogP contribution in [0.3, 0.4) is 0 Å². The second-order valence-corrected chi connectivity index (χ2v) is 3.25. The zero-order chi connectivity index (χ0) is 7.56. The molecule has 3 unspecified atom stereocenters. The molecular formula is C7H15N3. The second-order valence-electron chi connectivity index (χ2n) is 3.25. The Balaban J connectivity index is 2.43. The molecule has 1 rings (SSSR count). The van der Waals surface area contributed by atoms with Gasteiger partial charge in [-0.3, -0.25) is 0 Å². The summed E-state index contributed by atoms with van der Waals surface area (Å²) in [7, 11) is 0. The topological polar surface area (TPSA) is 62.2 Å². The van der Waals surface area contributed by atoms with Gasteiger partial charge in [0.1, 0.15) is 0 Å². The summed E-state index contributed by atoms with van der Waals surface area (Å²) in [5.74, 6) is 0.515. The van der Waals surface area contributed by atoms with Crippen molar-refractivity contribution in [3.8, 4) is 0 Å². The molecule has 3 nitrogen and oxygen atoms in total. The molecule has 0 radical (unpaired) electrons. The van der Waals surface area contributed by atoms with Crippen molar-refractivity contribution in [3.63, 3.8) is 0 Å².